The fraction of sp³-hybridized carbons (Fsp3) is 0.818. The van der Waals surface area contributed by atoms with Crippen LogP contribution >= 0.6 is 0 Å². The number of hydrogen-bond donors (Lipinski definition) is 1. The van der Waals surface area contributed by atoms with Crippen LogP contribution in [-0.4, -0.2) is 34.0 Å². The SMILES string of the molecule is CCn1nc([C@H]2CCCO2)n(C2CNC2)c1=O. The van der Waals surface area contributed by atoms with Gasteiger partial charge in [-0.1, -0.05) is 0 Å². The van der Waals surface area contributed by atoms with Gasteiger partial charge in [0.15, 0.2) is 5.82 Å². The van der Waals surface area contributed by atoms with E-state index in [4.69, 9.17) is 4.74 Å². The fourth-order valence-corrected chi connectivity index (χ4v) is 2.44. The average molecular weight is 238 g/mol. The van der Waals surface area contributed by atoms with Gasteiger partial charge < -0.3 is 10.1 Å². The Morgan fingerprint density at radius 2 is 2.35 bits per heavy atom. The van der Waals surface area contributed by atoms with E-state index in [0.717, 1.165) is 38.4 Å². The maximum absolute atomic E-state index is 12.2. The molecule has 1 aromatic rings. The zero-order chi connectivity index (χ0) is 11.8. The van der Waals surface area contributed by atoms with Gasteiger partial charge in [-0.25, -0.2) is 9.48 Å². The second-order valence-corrected chi connectivity index (χ2v) is 4.64. The Kier molecular flexibility index (Phi) is 2.76. The second-order valence-electron chi connectivity index (χ2n) is 4.64. The topological polar surface area (TPSA) is 61.1 Å². The van der Waals surface area contributed by atoms with Crippen molar-refractivity contribution in [2.45, 2.75) is 38.5 Å². The maximum atomic E-state index is 12.2. The number of ether oxygens (including phenoxy) is 1. The molecule has 17 heavy (non-hydrogen) atoms. The standard InChI is InChI=1S/C11H18N4O2/c1-2-14-11(16)15(8-6-12-7-8)10(13-14)9-4-3-5-17-9/h8-9,12H,2-7H2,1H3/t9-/m1/s1. The van der Waals surface area contributed by atoms with Gasteiger partial charge in [0, 0.05) is 26.2 Å². The van der Waals surface area contributed by atoms with Crippen molar-refractivity contribution in [2.24, 2.45) is 0 Å². The third-order valence-electron chi connectivity index (χ3n) is 3.54. The summed E-state index contributed by atoms with van der Waals surface area (Å²) >= 11 is 0. The van der Waals surface area contributed by atoms with E-state index < -0.39 is 0 Å². The van der Waals surface area contributed by atoms with Crippen LogP contribution in [0.4, 0.5) is 0 Å². The highest BCUT2D eigenvalue weighted by Gasteiger charge is 2.31. The zero-order valence-electron chi connectivity index (χ0n) is 10.1. The molecule has 0 spiro atoms. The lowest BCUT2D eigenvalue weighted by molar-refractivity contribution is 0.0978. The van der Waals surface area contributed by atoms with Crippen molar-refractivity contribution in [1.29, 1.82) is 0 Å². The Morgan fingerprint density at radius 3 is 2.88 bits per heavy atom. The van der Waals surface area contributed by atoms with E-state index in [9.17, 15) is 4.79 Å². The molecule has 2 fully saturated rings. The first-order valence-corrected chi connectivity index (χ1v) is 6.32. The van der Waals surface area contributed by atoms with E-state index in [2.05, 4.69) is 10.4 Å². The molecule has 0 aromatic carbocycles. The van der Waals surface area contributed by atoms with Gasteiger partial charge >= 0.3 is 5.69 Å². The number of hydrogen-bond acceptors (Lipinski definition) is 4. The summed E-state index contributed by atoms with van der Waals surface area (Å²) in [6.07, 6.45) is 2.04. The Morgan fingerprint density at radius 1 is 1.53 bits per heavy atom. The predicted octanol–water partition coefficient (Wildman–Crippen LogP) is 0.0605. The summed E-state index contributed by atoms with van der Waals surface area (Å²) in [4.78, 5) is 12.2. The Hall–Kier alpha value is -1.14. The Bertz CT molecular complexity index is 455. The molecular weight excluding hydrogens is 220 g/mol. The van der Waals surface area contributed by atoms with E-state index in [1.165, 1.54) is 4.68 Å². The highest BCUT2D eigenvalue weighted by molar-refractivity contribution is 5.00. The molecule has 6 heteroatoms. The van der Waals surface area contributed by atoms with Crippen LogP contribution in [0.3, 0.4) is 0 Å². The molecule has 3 rings (SSSR count). The number of aromatic nitrogens is 3. The minimum atomic E-state index is 0.00417. The summed E-state index contributed by atoms with van der Waals surface area (Å²) in [7, 11) is 0. The van der Waals surface area contributed by atoms with Crippen molar-refractivity contribution in [3.63, 3.8) is 0 Å². The lowest BCUT2D eigenvalue weighted by atomic mass is 10.1. The number of nitrogens with zero attached hydrogens (tertiary/aromatic N) is 3. The fourth-order valence-electron chi connectivity index (χ4n) is 2.44. The van der Waals surface area contributed by atoms with Gasteiger partial charge in [0.1, 0.15) is 6.10 Å². The first kappa shape index (κ1) is 11.0. The lowest BCUT2D eigenvalue weighted by Crippen LogP contribution is -2.47. The molecule has 0 bridgehead atoms. The zero-order valence-corrected chi connectivity index (χ0v) is 10.1. The summed E-state index contributed by atoms with van der Waals surface area (Å²) in [5, 5.41) is 7.62. The molecule has 94 valence electrons. The third-order valence-corrected chi connectivity index (χ3v) is 3.54. The van der Waals surface area contributed by atoms with Crippen LogP contribution in [0.25, 0.3) is 0 Å². The Balaban J connectivity index is 2.02. The number of nitrogens with one attached hydrogen (secondary N) is 1. The van der Waals surface area contributed by atoms with Gasteiger partial charge in [-0.3, -0.25) is 4.57 Å². The molecule has 0 unspecified atom stereocenters. The molecule has 1 aromatic heterocycles. The number of rotatable bonds is 3. The van der Waals surface area contributed by atoms with E-state index >= 15 is 0 Å². The maximum Gasteiger partial charge on any atom is 0.346 e. The van der Waals surface area contributed by atoms with Crippen molar-refractivity contribution < 1.29 is 4.74 Å². The molecule has 0 amide bonds. The lowest BCUT2D eigenvalue weighted by Gasteiger charge is -2.29. The molecule has 3 heterocycles. The molecule has 0 radical (unpaired) electrons. The molecule has 2 aliphatic heterocycles. The number of aryl methyl sites for hydroxylation is 1. The van der Waals surface area contributed by atoms with Crippen molar-refractivity contribution in [1.82, 2.24) is 19.7 Å². The van der Waals surface area contributed by atoms with Crippen LogP contribution < -0.4 is 11.0 Å². The molecule has 2 saturated heterocycles. The van der Waals surface area contributed by atoms with Crippen molar-refractivity contribution in [3.05, 3.63) is 16.3 Å². The van der Waals surface area contributed by atoms with Gasteiger partial charge in [0.05, 0.1) is 6.04 Å². The van der Waals surface area contributed by atoms with Crippen LogP contribution in [0.1, 0.15) is 37.7 Å². The van der Waals surface area contributed by atoms with E-state index in [1.54, 1.807) is 0 Å². The van der Waals surface area contributed by atoms with Gasteiger partial charge in [0.25, 0.3) is 0 Å². The molecule has 1 N–H and O–H groups in total. The van der Waals surface area contributed by atoms with E-state index in [-0.39, 0.29) is 17.8 Å². The highest BCUT2D eigenvalue weighted by atomic mass is 16.5. The first-order valence-electron chi connectivity index (χ1n) is 6.32. The van der Waals surface area contributed by atoms with Crippen LogP contribution in [0, 0.1) is 0 Å². The highest BCUT2D eigenvalue weighted by Crippen LogP contribution is 2.28. The van der Waals surface area contributed by atoms with Crippen molar-refractivity contribution in [3.8, 4) is 0 Å². The van der Waals surface area contributed by atoms with Gasteiger partial charge in [0.2, 0.25) is 0 Å². The summed E-state index contributed by atoms with van der Waals surface area (Å²) in [6.45, 7) is 5.05. The van der Waals surface area contributed by atoms with E-state index in [1.807, 2.05) is 11.5 Å². The monoisotopic (exact) mass is 238 g/mol. The average Bonchev–Trinajstić information content (AvgIpc) is 2.86. The van der Waals surface area contributed by atoms with Gasteiger partial charge in [-0.05, 0) is 19.8 Å². The quantitative estimate of drug-likeness (QED) is 0.809. The largest absolute Gasteiger partial charge is 0.370 e. The summed E-state index contributed by atoms with van der Waals surface area (Å²) in [5.41, 5.74) is 0.00417. The minimum Gasteiger partial charge on any atom is -0.370 e. The van der Waals surface area contributed by atoms with Crippen molar-refractivity contribution in [2.75, 3.05) is 19.7 Å². The van der Waals surface area contributed by atoms with E-state index in [0.29, 0.717) is 6.54 Å². The van der Waals surface area contributed by atoms with Crippen LogP contribution in [0.2, 0.25) is 0 Å². The van der Waals surface area contributed by atoms with Crippen LogP contribution in [0.5, 0.6) is 0 Å². The molecule has 1 atom stereocenters. The van der Waals surface area contributed by atoms with Gasteiger partial charge in [-0.15, -0.1) is 0 Å². The summed E-state index contributed by atoms with van der Waals surface area (Å²) in [6, 6.07) is 0.252. The third kappa shape index (κ3) is 1.71. The molecule has 6 nitrogen and oxygen atoms in total. The molecule has 0 aliphatic carbocycles. The second kappa shape index (κ2) is 4.27. The molecular formula is C11H18N4O2. The first-order chi connectivity index (χ1) is 8.31. The van der Waals surface area contributed by atoms with Crippen molar-refractivity contribution >= 4 is 0 Å². The minimum absolute atomic E-state index is 0.00417. The predicted molar refractivity (Wildman–Crippen MR) is 62.0 cm³/mol. The molecule has 2 aliphatic rings. The summed E-state index contributed by atoms with van der Waals surface area (Å²) in [5.74, 6) is 0.820. The van der Waals surface area contributed by atoms with Crippen LogP contribution in [0.15, 0.2) is 4.79 Å². The normalized spacial score (nSPS) is 25.1. The summed E-state index contributed by atoms with van der Waals surface area (Å²) < 4.78 is 9.02. The smallest absolute Gasteiger partial charge is 0.346 e. The Labute approximate surface area is 99.6 Å². The van der Waals surface area contributed by atoms with Crippen LogP contribution in [-0.2, 0) is 11.3 Å². The molecule has 0 saturated carbocycles. The van der Waals surface area contributed by atoms with Gasteiger partial charge in [-0.2, -0.15) is 5.10 Å².